The minimum Gasteiger partial charge on any atom is -0.406 e. The molecule has 0 heterocycles. The van der Waals surface area contributed by atoms with Crippen molar-refractivity contribution in [1.82, 2.24) is 0 Å². The van der Waals surface area contributed by atoms with Crippen LogP contribution in [0.1, 0.15) is 25.3 Å². The number of alkyl halides is 3. The van der Waals surface area contributed by atoms with Gasteiger partial charge in [-0.3, -0.25) is 0 Å². The number of carbonyl (C=O) groups is 1. The highest BCUT2D eigenvalue weighted by atomic mass is 19.4. The number of urea groups is 1. The van der Waals surface area contributed by atoms with Gasteiger partial charge in [0.25, 0.3) is 0 Å². The molecule has 0 radical (unpaired) electrons. The molecule has 0 atom stereocenters. The highest BCUT2D eigenvalue weighted by molar-refractivity contribution is 5.99. The average Bonchev–Trinajstić information content (AvgIpc) is 2.48. The molecule has 0 aliphatic carbocycles. The molecule has 0 aliphatic rings. The summed E-state index contributed by atoms with van der Waals surface area (Å²) in [7, 11) is 0. The van der Waals surface area contributed by atoms with Crippen LogP contribution in [0.25, 0.3) is 0 Å². The van der Waals surface area contributed by atoms with Crippen molar-refractivity contribution in [3.63, 3.8) is 0 Å². The van der Waals surface area contributed by atoms with Crippen molar-refractivity contribution in [2.24, 2.45) is 0 Å². The Morgan fingerprint density at radius 1 is 1.00 bits per heavy atom. The highest BCUT2D eigenvalue weighted by Gasteiger charge is 2.30. The van der Waals surface area contributed by atoms with E-state index in [9.17, 15) is 18.0 Å². The highest BCUT2D eigenvalue weighted by Crippen LogP contribution is 2.24. The van der Waals surface area contributed by atoms with Crippen molar-refractivity contribution in [3.8, 4) is 5.75 Å². The van der Waals surface area contributed by atoms with Crippen molar-refractivity contribution in [3.05, 3.63) is 54.1 Å². The van der Waals surface area contributed by atoms with Crippen LogP contribution in [0.5, 0.6) is 5.75 Å². The van der Waals surface area contributed by atoms with Gasteiger partial charge >= 0.3 is 12.4 Å². The Hall–Kier alpha value is -2.70. The molecule has 0 spiro atoms. The second-order valence-corrected chi connectivity index (χ2v) is 5.43. The first-order chi connectivity index (χ1) is 11.2. The normalized spacial score (nSPS) is 11.2. The van der Waals surface area contributed by atoms with E-state index in [1.165, 1.54) is 12.1 Å². The van der Waals surface area contributed by atoms with Crippen LogP contribution in [0.3, 0.4) is 0 Å². The van der Waals surface area contributed by atoms with Crippen molar-refractivity contribution >= 4 is 17.4 Å². The fourth-order valence-corrected chi connectivity index (χ4v) is 2.01. The van der Waals surface area contributed by atoms with Gasteiger partial charge in [-0.1, -0.05) is 26.0 Å². The zero-order valence-electron chi connectivity index (χ0n) is 13.1. The Labute approximate surface area is 137 Å². The summed E-state index contributed by atoms with van der Waals surface area (Å²) in [5.74, 6) is -0.0194. The molecule has 0 saturated carbocycles. The Balaban J connectivity index is 1.96. The standard InChI is InChI=1S/C17H17F3N2O2/c1-11(2)12-4-3-5-14(10-12)22-16(23)21-13-6-8-15(9-7-13)24-17(18,19)20/h3-11H,1-2H3,(H2,21,22,23). The molecule has 0 aliphatic heterocycles. The van der Waals surface area contributed by atoms with Crippen LogP contribution in [0.4, 0.5) is 29.3 Å². The van der Waals surface area contributed by atoms with Gasteiger partial charge in [-0.2, -0.15) is 0 Å². The van der Waals surface area contributed by atoms with Gasteiger partial charge in [0.05, 0.1) is 0 Å². The lowest BCUT2D eigenvalue weighted by Gasteiger charge is -2.12. The van der Waals surface area contributed by atoms with Gasteiger partial charge < -0.3 is 15.4 Å². The maximum absolute atomic E-state index is 12.1. The molecule has 2 N–H and O–H groups in total. The number of benzene rings is 2. The largest absolute Gasteiger partial charge is 0.573 e. The molecular weight excluding hydrogens is 321 g/mol. The number of amides is 2. The fraction of sp³-hybridized carbons (Fsp3) is 0.235. The third-order valence-electron chi connectivity index (χ3n) is 3.16. The Bertz CT molecular complexity index is 698. The first-order valence-corrected chi connectivity index (χ1v) is 7.27. The van der Waals surface area contributed by atoms with Gasteiger partial charge in [0, 0.05) is 11.4 Å². The van der Waals surface area contributed by atoms with E-state index in [1.54, 1.807) is 6.07 Å². The topological polar surface area (TPSA) is 50.4 Å². The predicted molar refractivity (Wildman–Crippen MR) is 86.3 cm³/mol. The monoisotopic (exact) mass is 338 g/mol. The predicted octanol–water partition coefficient (Wildman–Crippen LogP) is 5.35. The second kappa shape index (κ2) is 7.25. The maximum Gasteiger partial charge on any atom is 0.573 e. The minimum atomic E-state index is -4.74. The molecular formula is C17H17F3N2O2. The molecule has 0 fully saturated rings. The zero-order valence-corrected chi connectivity index (χ0v) is 13.1. The zero-order chi connectivity index (χ0) is 17.7. The summed E-state index contributed by atoms with van der Waals surface area (Å²) in [6.07, 6.45) is -4.74. The molecule has 0 bridgehead atoms. The van der Waals surface area contributed by atoms with Crippen LogP contribution in [-0.2, 0) is 0 Å². The summed E-state index contributed by atoms with van der Waals surface area (Å²) in [5, 5.41) is 5.22. The van der Waals surface area contributed by atoms with E-state index in [2.05, 4.69) is 15.4 Å². The van der Waals surface area contributed by atoms with Crippen molar-refractivity contribution in [2.75, 3.05) is 10.6 Å². The number of halogens is 3. The van der Waals surface area contributed by atoms with E-state index in [0.717, 1.165) is 17.7 Å². The van der Waals surface area contributed by atoms with Crippen LogP contribution in [-0.4, -0.2) is 12.4 Å². The van der Waals surface area contributed by atoms with Crippen molar-refractivity contribution in [2.45, 2.75) is 26.1 Å². The van der Waals surface area contributed by atoms with Crippen LogP contribution in [0.2, 0.25) is 0 Å². The molecule has 24 heavy (non-hydrogen) atoms. The molecule has 2 amide bonds. The van der Waals surface area contributed by atoms with Crippen LogP contribution >= 0.6 is 0 Å². The summed E-state index contributed by atoms with van der Waals surface area (Å²) in [6.45, 7) is 4.09. The lowest BCUT2D eigenvalue weighted by molar-refractivity contribution is -0.274. The molecule has 2 aromatic carbocycles. The molecule has 0 saturated heterocycles. The van der Waals surface area contributed by atoms with E-state index in [1.807, 2.05) is 32.0 Å². The van der Waals surface area contributed by atoms with Crippen LogP contribution in [0.15, 0.2) is 48.5 Å². The number of nitrogens with one attached hydrogen (secondary N) is 2. The fourth-order valence-electron chi connectivity index (χ4n) is 2.01. The number of hydrogen-bond acceptors (Lipinski definition) is 2. The van der Waals surface area contributed by atoms with Gasteiger partial charge in [0.15, 0.2) is 0 Å². The second-order valence-electron chi connectivity index (χ2n) is 5.43. The van der Waals surface area contributed by atoms with Gasteiger partial charge in [0.2, 0.25) is 0 Å². The smallest absolute Gasteiger partial charge is 0.406 e. The molecule has 7 heteroatoms. The number of rotatable bonds is 4. The molecule has 0 aromatic heterocycles. The molecule has 2 rings (SSSR count). The number of ether oxygens (including phenoxy) is 1. The summed E-state index contributed by atoms with van der Waals surface area (Å²) < 4.78 is 40.0. The van der Waals surface area contributed by atoms with Gasteiger partial charge in [0.1, 0.15) is 5.75 Å². The molecule has 0 unspecified atom stereocenters. The molecule has 128 valence electrons. The minimum absolute atomic E-state index is 0.330. The maximum atomic E-state index is 12.1. The third-order valence-corrected chi connectivity index (χ3v) is 3.16. The van der Waals surface area contributed by atoms with Crippen molar-refractivity contribution in [1.29, 1.82) is 0 Å². The van der Waals surface area contributed by atoms with E-state index in [0.29, 0.717) is 17.3 Å². The molecule has 2 aromatic rings. The summed E-state index contributed by atoms with van der Waals surface area (Å²) in [4.78, 5) is 11.9. The van der Waals surface area contributed by atoms with Crippen LogP contribution in [0, 0.1) is 0 Å². The van der Waals surface area contributed by atoms with Gasteiger partial charge in [-0.05, 0) is 47.9 Å². The van der Waals surface area contributed by atoms with Gasteiger partial charge in [-0.15, -0.1) is 13.2 Å². The lowest BCUT2D eigenvalue weighted by Crippen LogP contribution is -2.19. The number of hydrogen-bond donors (Lipinski definition) is 2. The van der Waals surface area contributed by atoms with E-state index < -0.39 is 12.4 Å². The lowest BCUT2D eigenvalue weighted by atomic mass is 10.0. The summed E-state index contributed by atoms with van der Waals surface area (Å²) in [6, 6.07) is 11.8. The quantitative estimate of drug-likeness (QED) is 0.789. The van der Waals surface area contributed by atoms with Gasteiger partial charge in [-0.25, -0.2) is 4.79 Å². The first-order valence-electron chi connectivity index (χ1n) is 7.27. The summed E-state index contributed by atoms with van der Waals surface area (Å²) in [5.41, 5.74) is 2.07. The average molecular weight is 338 g/mol. The van der Waals surface area contributed by atoms with Crippen molar-refractivity contribution < 1.29 is 22.7 Å². The van der Waals surface area contributed by atoms with E-state index in [-0.39, 0.29) is 5.75 Å². The van der Waals surface area contributed by atoms with E-state index in [4.69, 9.17) is 0 Å². The Kier molecular flexibility index (Phi) is 5.33. The SMILES string of the molecule is CC(C)c1cccc(NC(=O)Nc2ccc(OC(F)(F)F)cc2)c1. The van der Waals surface area contributed by atoms with Crippen LogP contribution < -0.4 is 15.4 Å². The van der Waals surface area contributed by atoms with E-state index >= 15 is 0 Å². The third kappa shape index (κ3) is 5.49. The summed E-state index contributed by atoms with van der Waals surface area (Å²) >= 11 is 0. The molecule has 4 nitrogen and oxygen atoms in total. The number of carbonyl (C=O) groups excluding carboxylic acids is 1. The Morgan fingerprint density at radius 3 is 2.21 bits per heavy atom. The first kappa shape index (κ1) is 17.7. The Morgan fingerprint density at radius 2 is 1.62 bits per heavy atom. The number of anilines is 2.